The zero-order valence-electron chi connectivity index (χ0n) is 16.5. The first-order chi connectivity index (χ1) is 14.9. The predicted molar refractivity (Wildman–Crippen MR) is 116 cm³/mol. The Hall–Kier alpha value is -3.44. The van der Waals surface area contributed by atoms with Crippen LogP contribution >= 0.6 is 11.8 Å². The topological polar surface area (TPSA) is 126 Å². The van der Waals surface area contributed by atoms with Gasteiger partial charge in [-0.15, -0.1) is 5.10 Å². The third-order valence-corrected chi connectivity index (χ3v) is 6.76. The SMILES string of the molecule is COc1ccc(S(=O)(=O)Nc2cc(Sc3nc[nH]n3)c(O)c3ccccc23)cc1OC. The highest BCUT2D eigenvalue weighted by molar-refractivity contribution is 7.99. The fraction of sp³-hybridized carbons (Fsp3) is 0.100. The van der Waals surface area contributed by atoms with Gasteiger partial charge in [0.15, 0.2) is 11.5 Å². The highest BCUT2D eigenvalue weighted by Crippen LogP contribution is 2.42. The number of H-pyrrole nitrogens is 1. The maximum Gasteiger partial charge on any atom is 0.262 e. The second-order valence-electron chi connectivity index (χ2n) is 6.32. The lowest BCUT2D eigenvalue weighted by atomic mass is 10.1. The molecule has 11 heteroatoms. The van der Waals surface area contributed by atoms with E-state index < -0.39 is 10.0 Å². The van der Waals surface area contributed by atoms with Gasteiger partial charge in [-0.3, -0.25) is 9.82 Å². The summed E-state index contributed by atoms with van der Waals surface area (Å²) in [5.41, 5.74) is 0.307. The van der Waals surface area contributed by atoms with Crippen molar-refractivity contribution < 1.29 is 23.0 Å². The Balaban J connectivity index is 1.79. The molecule has 0 radical (unpaired) electrons. The van der Waals surface area contributed by atoms with Crippen molar-refractivity contribution >= 4 is 38.2 Å². The lowest BCUT2D eigenvalue weighted by Gasteiger charge is -2.15. The van der Waals surface area contributed by atoms with Crippen LogP contribution in [0, 0.1) is 0 Å². The number of anilines is 1. The van der Waals surface area contributed by atoms with Crippen molar-refractivity contribution in [2.24, 2.45) is 0 Å². The van der Waals surface area contributed by atoms with Crippen LogP contribution in [-0.2, 0) is 10.0 Å². The molecule has 0 atom stereocenters. The van der Waals surface area contributed by atoms with E-state index in [2.05, 4.69) is 19.9 Å². The first-order valence-electron chi connectivity index (χ1n) is 8.96. The summed E-state index contributed by atoms with van der Waals surface area (Å²) in [5, 5.41) is 18.7. The number of fused-ring (bicyclic) bond motifs is 1. The molecule has 4 aromatic rings. The molecule has 9 nitrogen and oxygen atoms in total. The van der Waals surface area contributed by atoms with Gasteiger partial charge in [-0.05, 0) is 30.0 Å². The number of hydrogen-bond acceptors (Lipinski definition) is 8. The van der Waals surface area contributed by atoms with Gasteiger partial charge in [0.1, 0.15) is 12.1 Å². The molecule has 0 fully saturated rings. The molecule has 1 heterocycles. The van der Waals surface area contributed by atoms with Crippen molar-refractivity contribution in [1.29, 1.82) is 0 Å². The number of sulfonamides is 1. The summed E-state index contributed by atoms with van der Waals surface area (Å²) in [6.07, 6.45) is 1.42. The summed E-state index contributed by atoms with van der Waals surface area (Å²) in [4.78, 5) is 4.45. The Morgan fingerprint density at radius 3 is 2.45 bits per heavy atom. The molecular weight excluding hydrogens is 440 g/mol. The summed E-state index contributed by atoms with van der Waals surface area (Å²) >= 11 is 1.11. The Morgan fingerprint density at radius 1 is 1.03 bits per heavy atom. The van der Waals surface area contributed by atoms with Gasteiger partial charge in [0.25, 0.3) is 10.0 Å². The van der Waals surface area contributed by atoms with E-state index in [9.17, 15) is 13.5 Å². The van der Waals surface area contributed by atoms with E-state index in [1.165, 1.54) is 38.7 Å². The van der Waals surface area contributed by atoms with Crippen LogP contribution in [0.1, 0.15) is 0 Å². The molecule has 0 saturated heterocycles. The van der Waals surface area contributed by atoms with Gasteiger partial charge in [-0.25, -0.2) is 13.4 Å². The number of benzene rings is 3. The first kappa shape index (κ1) is 20.8. The number of phenols is 1. The van der Waals surface area contributed by atoms with E-state index >= 15 is 0 Å². The molecule has 0 spiro atoms. The van der Waals surface area contributed by atoms with Crippen LogP contribution in [0.25, 0.3) is 10.8 Å². The Bertz CT molecular complexity index is 1340. The van der Waals surface area contributed by atoms with Gasteiger partial charge in [0, 0.05) is 16.8 Å². The Morgan fingerprint density at radius 2 is 1.77 bits per heavy atom. The van der Waals surface area contributed by atoms with E-state index in [0.29, 0.717) is 38.0 Å². The molecule has 0 aliphatic heterocycles. The summed E-state index contributed by atoms with van der Waals surface area (Å²) in [7, 11) is -1.06. The molecule has 0 saturated carbocycles. The quantitative estimate of drug-likeness (QED) is 0.358. The maximum atomic E-state index is 13.1. The van der Waals surface area contributed by atoms with Crippen LogP contribution in [0.15, 0.2) is 69.8 Å². The van der Waals surface area contributed by atoms with E-state index in [4.69, 9.17) is 9.47 Å². The van der Waals surface area contributed by atoms with Crippen LogP contribution in [0.4, 0.5) is 5.69 Å². The maximum absolute atomic E-state index is 13.1. The van der Waals surface area contributed by atoms with Gasteiger partial charge in [-0.1, -0.05) is 24.3 Å². The molecule has 160 valence electrons. The number of phenolic OH excluding ortho intramolecular Hbond substituents is 1. The number of hydrogen-bond donors (Lipinski definition) is 3. The first-order valence-corrected chi connectivity index (χ1v) is 11.3. The summed E-state index contributed by atoms with van der Waals surface area (Å²) in [6.45, 7) is 0. The molecule has 0 bridgehead atoms. The highest BCUT2D eigenvalue weighted by Gasteiger charge is 2.21. The van der Waals surface area contributed by atoms with Gasteiger partial charge in [0.05, 0.1) is 29.7 Å². The lowest BCUT2D eigenvalue weighted by molar-refractivity contribution is 0.354. The van der Waals surface area contributed by atoms with Gasteiger partial charge >= 0.3 is 0 Å². The van der Waals surface area contributed by atoms with E-state index in [1.807, 2.05) is 0 Å². The molecule has 4 rings (SSSR count). The summed E-state index contributed by atoms with van der Waals surface area (Å²) < 4.78 is 39.2. The van der Waals surface area contributed by atoms with Crippen molar-refractivity contribution in [3.05, 3.63) is 54.9 Å². The molecule has 0 amide bonds. The minimum atomic E-state index is -3.97. The van der Waals surface area contributed by atoms with Gasteiger partial charge < -0.3 is 14.6 Å². The summed E-state index contributed by atoms with van der Waals surface area (Å²) in [6, 6.07) is 12.8. The third-order valence-electron chi connectivity index (χ3n) is 4.48. The Labute approximate surface area is 182 Å². The number of aromatic hydroxyl groups is 1. The van der Waals surface area contributed by atoms with E-state index in [0.717, 1.165) is 11.8 Å². The van der Waals surface area contributed by atoms with Gasteiger partial charge in [-0.2, -0.15) is 0 Å². The molecule has 1 aromatic heterocycles. The lowest BCUT2D eigenvalue weighted by Crippen LogP contribution is -2.13. The second kappa shape index (κ2) is 8.36. The number of ether oxygens (including phenoxy) is 2. The van der Waals surface area contributed by atoms with Crippen molar-refractivity contribution in [2.45, 2.75) is 14.9 Å². The van der Waals surface area contributed by atoms with Crippen LogP contribution in [-0.4, -0.2) is 42.9 Å². The van der Waals surface area contributed by atoms with Crippen molar-refractivity contribution in [3.63, 3.8) is 0 Å². The van der Waals surface area contributed by atoms with Crippen molar-refractivity contribution in [2.75, 3.05) is 18.9 Å². The minimum absolute atomic E-state index is 0.00507. The summed E-state index contributed by atoms with van der Waals surface area (Å²) in [5.74, 6) is 0.725. The molecule has 0 unspecified atom stereocenters. The molecule has 3 N–H and O–H groups in total. The van der Waals surface area contributed by atoms with Gasteiger partial charge in [0.2, 0.25) is 5.16 Å². The van der Waals surface area contributed by atoms with E-state index in [-0.39, 0.29) is 10.6 Å². The fourth-order valence-corrected chi connectivity index (χ4v) is 4.90. The van der Waals surface area contributed by atoms with Crippen LogP contribution < -0.4 is 14.2 Å². The van der Waals surface area contributed by atoms with Crippen molar-refractivity contribution in [1.82, 2.24) is 15.2 Å². The second-order valence-corrected chi connectivity index (χ2v) is 9.01. The number of nitrogens with zero attached hydrogens (tertiary/aromatic N) is 2. The van der Waals surface area contributed by atoms with E-state index in [1.54, 1.807) is 30.3 Å². The fourth-order valence-electron chi connectivity index (χ4n) is 3.03. The number of aromatic nitrogens is 3. The number of aromatic amines is 1. The molecule has 3 aromatic carbocycles. The molecule has 0 aliphatic rings. The van der Waals surface area contributed by atoms with Crippen molar-refractivity contribution in [3.8, 4) is 17.2 Å². The third kappa shape index (κ3) is 4.09. The predicted octanol–water partition coefficient (Wildman–Crippen LogP) is 3.63. The highest BCUT2D eigenvalue weighted by atomic mass is 32.2. The normalized spacial score (nSPS) is 11.4. The molecular formula is C20H18N4O5S2. The average molecular weight is 459 g/mol. The standard InChI is InChI=1S/C20H18N4O5S2/c1-28-16-8-7-12(9-17(16)29-2)31(26,27)24-15-10-18(30-20-21-11-22-23-20)19(25)14-6-4-3-5-13(14)15/h3-11,24-25H,1-2H3,(H,21,22,23). The molecule has 31 heavy (non-hydrogen) atoms. The zero-order chi connectivity index (χ0) is 22.0. The number of rotatable bonds is 7. The smallest absolute Gasteiger partial charge is 0.262 e. The largest absolute Gasteiger partial charge is 0.506 e. The molecule has 0 aliphatic carbocycles. The van der Waals surface area contributed by atoms with Crippen LogP contribution in [0.2, 0.25) is 0 Å². The minimum Gasteiger partial charge on any atom is -0.506 e. The average Bonchev–Trinajstić information content (AvgIpc) is 3.29. The number of methoxy groups -OCH3 is 2. The zero-order valence-corrected chi connectivity index (χ0v) is 18.1. The number of nitrogens with one attached hydrogen (secondary N) is 2. The van der Waals surface area contributed by atoms with Crippen LogP contribution in [0.5, 0.6) is 17.2 Å². The monoisotopic (exact) mass is 458 g/mol. The Kier molecular flexibility index (Phi) is 5.61. The van der Waals surface area contributed by atoms with Crippen LogP contribution in [0.3, 0.4) is 0 Å².